The first-order chi connectivity index (χ1) is 9.35. The van der Waals surface area contributed by atoms with Crippen LogP contribution in [0.5, 0.6) is 0 Å². The quantitative estimate of drug-likeness (QED) is 0.717. The number of nitrogens with zero attached hydrogens (tertiary/aromatic N) is 1. The predicted octanol–water partition coefficient (Wildman–Crippen LogP) is 1.71. The van der Waals surface area contributed by atoms with E-state index in [4.69, 9.17) is 5.73 Å². The SMILES string of the molecule is CNC(COCC(F)(F)C(F)F)Cc1ccnc(N)c1. The molecule has 0 radical (unpaired) electrons. The topological polar surface area (TPSA) is 60.2 Å². The van der Waals surface area contributed by atoms with Gasteiger partial charge in [-0.1, -0.05) is 0 Å². The molecule has 3 N–H and O–H groups in total. The maximum atomic E-state index is 12.7. The van der Waals surface area contributed by atoms with E-state index in [1.807, 2.05) is 0 Å². The fourth-order valence-corrected chi connectivity index (χ4v) is 1.55. The summed E-state index contributed by atoms with van der Waals surface area (Å²) in [6.07, 6.45) is -1.73. The number of hydrogen-bond donors (Lipinski definition) is 2. The molecule has 114 valence electrons. The summed E-state index contributed by atoms with van der Waals surface area (Å²) in [6.45, 7) is -1.41. The summed E-state index contributed by atoms with van der Waals surface area (Å²) in [6, 6.07) is 3.09. The van der Waals surface area contributed by atoms with Gasteiger partial charge in [0, 0.05) is 12.2 Å². The van der Waals surface area contributed by atoms with E-state index in [2.05, 4.69) is 15.0 Å². The van der Waals surface area contributed by atoms with Crippen LogP contribution in [0.25, 0.3) is 0 Å². The zero-order chi connectivity index (χ0) is 15.2. The first-order valence-electron chi connectivity index (χ1n) is 5.96. The predicted molar refractivity (Wildman–Crippen MR) is 67.0 cm³/mol. The average molecular weight is 295 g/mol. The first-order valence-corrected chi connectivity index (χ1v) is 5.96. The summed E-state index contributed by atoms with van der Waals surface area (Å²) in [5.41, 5.74) is 6.37. The molecule has 0 bridgehead atoms. The van der Waals surface area contributed by atoms with Gasteiger partial charge >= 0.3 is 12.3 Å². The van der Waals surface area contributed by atoms with Crippen LogP contribution in [0.3, 0.4) is 0 Å². The van der Waals surface area contributed by atoms with Crippen molar-refractivity contribution >= 4 is 5.82 Å². The smallest absolute Gasteiger partial charge is 0.330 e. The lowest BCUT2D eigenvalue weighted by Crippen LogP contribution is -2.37. The molecule has 0 spiro atoms. The average Bonchev–Trinajstić information content (AvgIpc) is 2.37. The molecule has 1 rings (SSSR count). The second kappa shape index (κ2) is 7.39. The zero-order valence-electron chi connectivity index (χ0n) is 11.0. The van der Waals surface area contributed by atoms with Crippen LogP contribution in [0, 0.1) is 0 Å². The Morgan fingerprint density at radius 2 is 2.15 bits per heavy atom. The van der Waals surface area contributed by atoms with Crippen LogP contribution < -0.4 is 11.1 Å². The molecular weight excluding hydrogens is 278 g/mol. The Labute approximate surface area is 114 Å². The molecule has 1 aromatic heterocycles. The molecule has 1 unspecified atom stereocenters. The number of aromatic nitrogens is 1. The minimum absolute atomic E-state index is 0.110. The van der Waals surface area contributed by atoms with Crippen molar-refractivity contribution in [1.29, 1.82) is 0 Å². The van der Waals surface area contributed by atoms with E-state index < -0.39 is 19.0 Å². The van der Waals surface area contributed by atoms with Gasteiger partial charge in [-0.05, 0) is 31.2 Å². The maximum Gasteiger partial charge on any atom is 0.330 e. The zero-order valence-corrected chi connectivity index (χ0v) is 11.0. The maximum absolute atomic E-state index is 12.7. The van der Waals surface area contributed by atoms with Crippen molar-refractivity contribution in [2.75, 3.05) is 26.0 Å². The van der Waals surface area contributed by atoms with E-state index >= 15 is 0 Å². The molecular formula is C12H17F4N3O. The van der Waals surface area contributed by atoms with Crippen molar-refractivity contribution in [2.45, 2.75) is 24.8 Å². The molecule has 0 aliphatic rings. The van der Waals surface area contributed by atoms with Gasteiger partial charge in [-0.15, -0.1) is 0 Å². The number of ether oxygens (including phenoxy) is 1. The highest BCUT2D eigenvalue weighted by Gasteiger charge is 2.41. The van der Waals surface area contributed by atoms with Gasteiger partial charge in [-0.25, -0.2) is 13.8 Å². The Balaban J connectivity index is 2.44. The number of nitrogens with one attached hydrogen (secondary N) is 1. The third kappa shape index (κ3) is 5.30. The summed E-state index contributed by atoms with van der Waals surface area (Å²) in [7, 11) is 1.63. The van der Waals surface area contributed by atoms with Gasteiger partial charge in [-0.3, -0.25) is 0 Å². The lowest BCUT2D eigenvalue weighted by atomic mass is 10.1. The van der Waals surface area contributed by atoms with Gasteiger partial charge in [0.15, 0.2) is 0 Å². The molecule has 0 aliphatic carbocycles. The number of nitrogens with two attached hydrogens (primary N) is 1. The normalized spacial score (nSPS) is 13.7. The van der Waals surface area contributed by atoms with Crippen LogP contribution in [-0.4, -0.2) is 43.6 Å². The number of likely N-dealkylation sites (N-methyl/N-ethyl adjacent to an activating group) is 1. The highest BCUT2D eigenvalue weighted by atomic mass is 19.3. The molecule has 1 atom stereocenters. The minimum Gasteiger partial charge on any atom is -0.384 e. The molecule has 8 heteroatoms. The van der Waals surface area contributed by atoms with E-state index in [1.165, 1.54) is 6.20 Å². The Hall–Kier alpha value is -1.41. The number of rotatable bonds is 8. The highest BCUT2D eigenvalue weighted by molar-refractivity contribution is 5.32. The summed E-state index contributed by atoms with van der Waals surface area (Å²) in [5, 5.41) is 2.87. The van der Waals surface area contributed by atoms with Crippen LogP contribution in [0.4, 0.5) is 23.4 Å². The molecule has 0 aromatic carbocycles. The van der Waals surface area contributed by atoms with Gasteiger partial charge in [0.05, 0.1) is 6.61 Å². The van der Waals surface area contributed by atoms with Gasteiger partial charge in [0.2, 0.25) is 0 Å². The number of anilines is 1. The van der Waals surface area contributed by atoms with Crippen LogP contribution in [-0.2, 0) is 11.2 Å². The van der Waals surface area contributed by atoms with E-state index in [1.54, 1.807) is 19.2 Å². The van der Waals surface area contributed by atoms with Gasteiger partial charge < -0.3 is 15.8 Å². The van der Waals surface area contributed by atoms with Gasteiger partial charge in [0.25, 0.3) is 0 Å². The number of hydrogen-bond acceptors (Lipinski definition) is 4. The van der Waals surface area contributed by atoms with Gasteiger partial charge in [0.1, 0.15) is 12.4 Å². The van der Waals surface area contributed by atoms with Crippen LogP contribution in [0.15, 0.2) is 18.3 Å². The third-order valence-electron chi connectivity index (χ3n) is 2.67. The van der Waals surface area contributed by atoms with Crippen molar-refractivity contribution < 1.29 is 22.3 Å². The summed E-state index contributed by atoms with van der Waals surface area (Å²) in [5.74, 6) is -3.78. The molecule has 0 saturated heterocycles. The molecule has 0 aliphatic heterocycles. The highest BCUT2D eigenvalue weighted by Crippen LogP contribution is 2.22. The fourth-order valence-electron chi connectivity index (χ4n) is 1.55. The Morgan fingerprint density at radius 3 is 2.70 bits per heavy atom. The van der Waals surface area contributed by atoms with Crippen molar-refractivity contribution in [3.63, 3.8) is 0 Å². The molecule has 0 saturated carbocycles. The summed E-state index contributed by atoms with van der Waals surface area (Å²) < 4.78 is 53.9. The van der Waals surface area contributed by atoms with Crippen molar-refractivity contribution in [1.82, 2.24) is 10.3 Å². The Bertz CT molecular complexity index is 417. The van der Waals surface area contributed by atoms with Crippen LogP contribution in [0.1, 0.15) is 5.56 Å². The molecule has 1 heterocycles. The van der Waals surface area contributed by atoms with Crippen molar-refractivity contribution in [3.8, 4) is 0 Å². The number of nitrogen functional groups attached to an aromatic ring is 1. The second-order valence-electron chi connectivity index (χ2n) is 4.36. The minimum atomic E-state index is -4.13. The van der Waals surface area contributed by atoms with Crippen molar-refractivity contribution in [2.24, 2.45) is 0 Å². The lowest BCUT2D eigenvalue weighted by molar-refractivity contribution is -0.166. The molecule has 1 aromatic rings. The summed E-state index contributed by atoms with van der Waals surface area (Å²) >= 11 is 0. The fraction of sp³-hybridized carbons (Fsp3) is 0.583. The van der Waals surface area contributed by atoms with E-state index in [9.17, 15) is 17.6 Å². The third-order valence-corrected chi connectivity index (χ3v) is 2.67. The molecule has 4 nitrogen and oxygen atoms in total. The lowest BCUT2D eigenvalue weighted by Gasteiger charge is -2.19. The van der Waals surface area contributed by atoms with E-state index in [0.717, 1.165) is 5.56 Å². The molecule has 0 fully saturated rings. The van der Waals surface area contributed by atoms with E-state index in [-0.39, 0.29) is 12.6 Å². The summed E-state index contributed by atoms with van der Waals surface area (Å²) in [4.78, 5) is 3.83. The largest absolute Gasteiger partial charge is 0.384 e. The first kappa shape index (κ1) is 16.6. The number of pyridine rings is 1. The number of halogens is 4. The Kier molecular flexibility index (Phi) is 6.15. The monoisotopic (exact) mass is 295 g/mol. The molecule has 0 amide bonds. The molecule has 20 heavy (non-hydrogen) atoms. The van der Waals surface area contributed by atoms with Gasteiger partial charge in [-0.2, -0.15) is 8.78 Å². The van der Waals surface area contributed by atoms with Crippen LogP contribution >= 0.6 is 0 Å². The Morgan fingerprint density at radius 1 is 1.45 bits per heavy atom. The van der Waals surface area contributed by atoms with Crippen LogP contribution in [0.2, 0.25) is 0 Å². The number of alkyl halides is 4. The van der Waals surface area contributed by atoms with E-state index in [0.29, 0.717) is 12.2 Å². The van der Waals surface area contributed by atoms with Crippen molar-refractivity contribution in [3.05, 3.63) is 23.9 Å². The standard InChI is InChI=1S/C12H17F4N3O/c1-18-9(4-8-2-3-19-10(17)5-8)6-20-7-12(15,16)11(13)14/h2-3,5,9,11,18H,4,6-7H2,1H3,(H2,17,19). The second-order valence-corrected chi connectivity index (χ2v) is 4.36.